The van der Waals surface area contributed by atoms with Crippen LogP contribution >= 0.6 is 0 Å². The first-order chi connectivity index (χ1) is 14.6. The van der Waals surface area contributed by atoms with Crippen LogP contribution in [0.25, 0.3) is 0 Å². The van der Waals surface area contributed by atoms with Crippen molar-refractivity contribution in [3.05, 3.63) is 58.7 Å². The molecule has 0 saturated heterocycles. The zero-order valence-corrected chi connectivity index (χ0v) is 17.8. The minimum Gasteiger partial charge on any atom is -0.504 e. The van der Waals surface area contributed by atoms with Gasteiger partial charge in [0, 0.05) is 11.6 Å². The van der Waals surface area contributed by atoms with Gasteiger partial charge in [0.2, 0.25) is 0 Å². The Balaban J connectivity index is 1.30. The van der Waals surface area contributed by atoms with E-state index in [0.29, 0.717) is 0 Å². The number of phenols is 2. The van der Waals surface area contributed by atoms with E-state index < -0.39 is 0 Å². The molecule has 2 aromatic rings. The standard InChI is InChI=1S/C25H36N2O3/c26-23-12-10-22-20(11-13-24(29)25(22)30)21(23)5-3-1-2-4-15-27-16-14-18-6-8-19(17-28)9-7-18/h6-9,11,13,21,23,27-30H,1-5,10,12,14-17,26H2. The van der Waals surface area contributed by atoms with Crippen LogP contribution in [0.2, 0.25) is 0 Å². The average Bonchev–Trinajstić information content (AvgIpc) is 2.76. The summed E-state index contributed by atoms with van der Waals surface area (Å²) in [7, 11) is 0. The van der Waals surface area contributed by atoms with Crippen LogP contribution in [-0.4, -0.2) is 34.5 Å². The Bertz CT molecular complexity index is 792. The van der Waals surface area contributed by atoms with Crippen LogP contribution in [0.4, 0.5) is 0 Å². The molecule has 0 bridgehead atoms. The van der Waals surface area contributed by atoms with E-state index in [1.54, 1.807) is 6.07 Å². The van der Waals surface area contributed by atoms with Crippen molar-refractivity contribution in [3.8, 4) is 11.5 Å². The van der Waals surface area contributed by atoms with Crippen molar-refractivity contribution in [1.29, 1.82) is 0 Å². The monoisotopic (exact) mass is 412 g/mol. The van der Waals surface area contributed by atoms with Gasteiger partial charge in [0.05, 0.1) is 6.61 Å². The number of aromatic hydroxyl groups is 2. The van der Waals surface area contributed by atoms with E-state index in [9.17, 15) is 10.2 Å². The quantitative estimate of drug-likeness (QED) is 0.286. The van der Waals surface area contributed by atoms with E-state index in [2.05, 4.69) is 17.4 Å². The van der Waals surface area contributed by atoms with Crippen LogP contribution in [0.15, 0.2) is 36.4 Å². The summed E-state index contributed by atoms with van der Waals surface area (Å²) in [6.07, 6.45) is 8.34. The van der Waals surface area contributed by atoms with Gasteiger partial charge in [-0.1, -0.05) is 49.6 Å². The highest BCUT2D eigenvalue weighted by Crippen LogP contribution is 2.42. The Morgan fingerprint density at radius 3 is 2.40 bits per heavy atom. The van der Waals surface area contributed by atoms with Crippen LogP contribution < -0.4 is 11.1 Å². The van der Waals surface area contributed by atoms with Gasteiger partial charge >= 0.3 is 0 Å². The maximum absolute atomic E-state index is 10.1. The lowest BCUT2D eigenvalue weighted by atomic mass is 9.76. The minimum atomic E-state index is -0.0300. The molecule has 30 heavy (non-hydrogen) atoms. The molecule has 0 aromatic heterocycles. The van der Waals surface area contributed by atoms with Crippen LogP contribution in [0.5, 0.6) is 11.5 Å². The molecule has 5 heteroatoms. The van der Waals surface area contributed by atoms with Gasteiger partial charge in [0.15, 0.2) is 11.5 Å². The van der Waals surface area contributed by atoms with Gasteiger partial charge in [-0.15, -0.1) is 0 Å². The van der Waals surface area contributed by atoms with Gasteiger partial charge in [0.25, 0.3) is 0 Å². The van der Waals surface area contributed by atoms with Crippen molar-refractivity contribution in [3.63, 3.8) is 0 Å². The molecule has 2 unspecified atom stereocenters. The molecule has 6 N–H and O–H groups in total. The number of aliphatic hydroxyl groups excluding tert-OH is 1. The second-order valence-corrected chi connectivity index (χ2v) is 8.49. The summed E-state index contributed by atoms with van der Waals surface area (Å²) in [6.45, 7) is 2.11. The molecule has 0 heterocycles. The second kappa shape index (κ2) is 11.3. The van der Waals surface area contributed by atoms with Crippen molar-refractivity contribution >= 4 is 0 Å². The summed E-state index contributed by atoms with van der Waals surface area (Å²) in [5.74, 6) is 0.285. The van der Waals surface area contributed by atoms with Crippen molar-refractivity contribution in [2.75, 3.05) is 13.1 Å². The van der Waals surface area contributed by atoms with Crippen molar-refractivity contribution in [2.45, 2.75) is 69.9 Å². The summed E-state index contributed by atoms with van der Waals surface area (Å²) in [5, 5.41) is 32.5. The maximum Gasteiger partial charge on any atom is 0.160 e. The highest BCUT2D eigenvalue weighted by molar-refractivity contribution is 5.51. The van der Waals surface area contributed by atoms with Gasteiger partial charge < -0.3 is 26.4 Å². The molecule has 1 aliphatic rings. The first-order valence-electron chi connectivity index (χ1n) is 11.3. The van der Waals surface area contributed by atoms with Gasteiger partial charge in [-0.3, -0.25) is 0 Å². The third kappa shape index (κ3) is 5.97. The van der Waals surface area contributed by atoms with E-state index in [0.717, 1.165) is 61.9 Å². The lowest BCUT2D eigenvalue weighted by Gasteiger charge is -2.32. The molecule has 0 amide bonds. The number of fused-ring (bicyclic) bond motifs is 1. The van der Waals surface area contributed by atoms with E-state index in [1.165, 1.54) is 24.8 Å². The summed E-state index contributed by atoms with van der Waals surface area (Å²) in [4.78, 5) is 0. The molecule has 0 saturated carbocycles. The Morgan fingerprint density at radius 1 is 0.900 bits per heavy atom. The van der Waals surface area contributed by atoms with Crippen molar-refractivity contribution in [2.24, 2.45) is 5.73 Å². The third-order valence-corrected chi connectivity index (χ3v) is 6.36. The molecule has 164 valence electrons. The number of aliphatic hydroxyl groups is 1. The molecule has 5 nitrogen and oxygen atoms in total. The summed E-state index contributed by atoms with van der Waals surface area (Å²) in [5.41, 5.74) is 10.6. The summed E-state index contributed by atoms with van der Waals surface area (Å²) in [6, 6.07) is 11.8. The molecular formula is C25H36N2O3. The van der Waals surface area contributed by atoms with Crippen LogP contribution in [0.1, 0.15) is 66.7 Å². The highest BCUT2D eigenvalue weighted by Gasteiger charge is 2.29. The SMILES string of the molecule is NC1CCc2c(ccc(O)c2O)C1CCCCCCNCCc1ccc(CO)cc1. The fourth-order valence-corrected chi connectivity index (χ4v) is 4.50. The molecular weight excluding hydrogens is 376 g/mol. The first kappa shape index (κ1) is 22.6. The molecule has 2 aromatic carbocycles. The summed E-state index contributed by atoms with van der Waals surface area (Å²) < 4.78 is 0. The molecule has 0 radical (unpaired) electrons. The number of nitrogens with one attached hydrogen (secondary N) is 1. The largest absolute Gasteiger partial charge is 0.504 e. The normalized spacial score (nSPS) is 18.3. The lowest BCUT2D eigenvalue weighted by molar-refractivity contribution is 0.282. The van der Waals surface area contributed by atoms with E-state index in [1.807, 2.05) is 18.2 Å². The fourth-order valence-electron chi connectivity index (χ4n) is 4.50. The first-order valence-corrected chi connectivity index (χ1v) is 11.3. The van der Waals surface area contributed by atoms with E-state index >= 15 is 0 Å². The molecule has 0 spiro atoms. The zero-order valence-electron chi connectivity index (χ0n) is 17.8. The Labute approximate surface area is 179 Å². The smallest absolute Gasteiger partial charge is 0.160 e. The highest BCUT2D eigenvalue weighted by atomic mass is 16.3. The van der Waals surface area contributed by atoms with Crippen molar-refractivity contribution in [1.82, 2.24) is 5.32 Å². The molecule has 3 rings (SSSR count). The number of rotatable bonds is 11. The molecule has 0 fully saturated rings. The van der Waals surface area contributed by atoms with Gasteiger partial charge in [-0.2, -0.15) is 0 Å². The number of benzene rings is 2. The Morgan fingerprint density at radius 2 is 1.63 bits per heavy atom. The Hall–Kier alpha value is -2.08. The average molecular weight is 413 g/mol. The fraction of sp³-hybridized carbons (Fsp3) is 0.520. The predicted octanol–water partition coefficient (Wildman–Crippen LogP) is 3.73. The molecule has 1 aliphatic carbocycles. The molecule has 2 atom stereocenters. The topological polar surface area (TPSA) is 98.7 Å². The predicted molar refractivity (Wildman–Crippen MR) is 121 cm³/mol. The minimum absolute atomic E-state index is 0.0300. The summed E-state index contributed by atoms with van der Waals surface area (Å²) >= 11 is 0. The van der Waals surface area contributed by atoms with Crippen molar-refractivity contribution < 1.29 is 15.3 Å². The Kier molecular flexibility index (Phi) is 8.55. The number of hydrogen-bond donors (Lipinski definition) is 5. The van der Waals surface area contributed by atoms with Gasteiger partial charge in [-0.25, -0.2) is 0 Å². The van der Waals surface area contributed by atoms with Crippen LogP contribution in [-0.2, 0) is 19.4 Å². The van der Waals surface area contributed by atoms with Crippen LogP contribution in [0, 0.1) is 0 Å². The van der Waals surface area contributed by atoms with E-state index in [-0.39, 0.29) is 30.1 Å². The second-order valence-electron chi connectivity index (χ2n) is 8.49. The third-order valence-electron chi connectivity index (χ3n) is 6.36. The number of unbranched alkanes of at least 4 members (excludes halogenated alkanes) is 3. The van der Waals surface area contributed by atoms with Gasteiger partial charge in [0.1, 0.15) is 0 Å². The molecule has 0 aliphatic heterocycles. The lowest BCUT2D eigenvalue weighted by Crippen LogP contribution is -2.33. The maximum atomic E-state index is 10.1. The number of nitrogens with two attached hydrogens (primary N) is 1. The zero-order chi connectivity index (χ0) is 21.3. The number of hydrogen-bond acceptors (Lipinski definition) is 5. The van der Waals surface area contributed by atoms with Gasteiger partial charge in [-0.05, 0) is 73.9 Å². The van der Waals surface area contributed by atoms with Crippen LogP contribution in [0.3, 0.4) is 0 Å². The van der Waals surface area contributed by atoms with E-state index in [4.69, 9.17) is 10.8 Å². The number of phenolic OH excluding ortho intramolecular Hbond substituents is 2.